The lowest BCUT2D eigenvalue weighted by Crippen LogP contribution is -2.48. The first-order chi connectivity index (χ1) is 12.1. The van der Waals surface area contributed by atoms with Gasteiger partial charge >= 0.3 is 0 Å². The summed E-state index contributed by atoms with van der Waals surface area (Å²) >= 11 is 13.3. The van der Waals surface area contributed by atoms with Crippen LogP contribution in [-0.4, -0.2) is 51.3 Å². The smallest absolute Gasteiger partial charge is 0.256 e. The Balaban J connectivity index is 1.38. The number of fused-ring (bicyclic) bond motifs is 1. The molecule has 1 aliphatic heterocycles. The molecular weight excluding hydrogens is 379 g/mol. The average Bonchev–Trinajstić information content (AvgIpc) is 3.16. The van der Waals surface area contributed by atoms with E-state index in [1.807, 2.05) is 33.7 Å². The summed E-state index contributed by atoms with van der Waals surface area (Å²) in [5.41, 5.74) is 2.50. The third kappa shape index (κ3) is 3.53. The molecule has 1 amide bonds. The third-order valence-electron chi connectivity index (χ3n) is 4.35. The van der Waals surface area contributed by atoms with Crippen molar-refractivity contribution in [3.8, 4) is 0 Å². The zero-order valence-electron chi connectivity index (χ0n) is 13.4. The fourth-order valence-electron chi connectivity index (χ4n) is 3.06. The number of hydrogen-bond acceptors (Lipinski definition) is 4. The van der Waals surface area contributed by atoms with E-state index in [4.69, 9.17) is 23.2 Å². The molecule has 0 atom stereocenters. The molecule has 0 aliphatic carbocycles. The van der Waals surface area contributed by atoms with Crippen molar-refractivity contribution in [1.29, 1.82) is 0 Å². The molecule has 0 saturated carbocycles. The van der Waals surface area contributed by atoms with Crippen molar-refractivity contribution in [2.75, 3.05) is 26.2 Å². The molecular formula is C17H16Cl2N4OS. The van der Waals surface area contributed by atoms with Crippen LogP contribution >= 0.6 is 34.5 Å². The van der Waals surface area contributed by atoms with E-state index in [0.29, 0.717) is 27.3 Å². The van der Waals surface area contributed by atoms with Gasteiger partial charge in [0.25, 0.3) is 5.91 Å². The topological polar surface area (TPSA) is 40.9 Å². The van der Waals surface area contributed by atoms with Gasteiger partial charge < -0.3 is 9.30 Å². The van der Waals surface area contributed by atoms with Crippen LogP contribution in [0.25, 0.3) is 5.65 Å². The molecule has 1 fully saturated rings. The summed E-state index contributed by atoms with van der Waals surface area (Å²) in [6, 6.07) is 7.62. The van der Waals surface area contributed by atoms with E-state index in [0.717, 1.165) is 31.0 Å². The normalized spacial score (nSPS) is 15.8. The minimum atomic E-state index is -0.0412. The largest absolute Gasteiger partial charge is 0.336 e. The lowest BCUT2D eigenvalue weighted by atomic mass is 10.2. The highest BCUT2D eigenvalue weighted by atomic mass is 35.5. The molecule has 0 spiro atoms. The number of amides is 1. The van der Waals surface area contributed by atoms with Gasteiger partial charge in [0.05, 0.1) is 15.6 Å². The Kier molecular flexibility index (Phi) is 4.69. The average molecular weight is 395 g/mol. The summed E-state index contributed by atoms with van der Waals surface area (Å²) < 4.78 is 3.03. The van der Waals surface area contributed by atoms with E-state index in [-0.39, 0.29) is 5.91 Å². The fraction of sp³-hybridized carbons (Fsp3) is 0.294. The quantitative estimate of drug-likeness (QED) is 0.680. The predicted molar refractivity (Wildman–Crippen MR) is 101 cm³/mol. The van der Waals surface area contributed by atoms with Crippen molar-refractivity contribution in [2.45, 2.75) is 6.54 Å². The highest BCUT2D eigenvalue weighted by Gasteiger charge is 2.25. The number of rotatable bonds is 3. The summed E-state index contributed by atoms with van der Waals surface area (Å²) in [5.74, 6) is -0.0412. The van der Waals surface area contributed by atoms with Crippen LogP contribution in [0.3, 0.4) is 0 Å². The van der Waals surface area contributed by atoms with Gasteiger partial charge in [0.15, 0.2) is 0 Å². The fourth-order valence-corrected chi connectivity index (χ4v) is 4.51. The highest BCUT2D eigenvalue weighted by molar-refractivity contribution is 7.20. The molecule has 0 N–H and O–H groups in total. The first-order valence-corrected chi connectivity index (χ1v) is 9.56. The Bertz CT molecular complexity index is 881. The van der Waals surface area contributed by atoms with Gasteiger partial charge in [-0.15, -0.1) is 11.3 Å². The number of carbonyl (C=O) groups is 1. The Morgan fingerprint density at radius 1 is 1.20 bits per heavy atom. The van der Waals surface area contributed by atoms with Gasteiger partial charge in [-0.1, -0.05) is 29.3 Å². The van der Waals surface area contributed by atoms with E-state index in [1.54, 1.807) is 6.07 Å². The van der Waals surface area contributed by atoms with E-state index in [2.05, 4.69) is 16.1 Å². The molecule has 1 saturated heterocycles. The number of thiophene rings is 1. The number of halogens is 2. The van der Waals surface area contributed by atoms with Crippen LogP contribution in [0.2, 0.25) is 8.67 Å². The lowest BCUT2D eigenvalue weighted by Gasteiger charge is -2.34. The molecule has 3 aromatic rings. The predicted octanol–water partition coefficient (Wildman–Crippen LogP) is 3.66. The first-order valence-electron chi connectivity index (χ1n) is 7.99. The summed E-state index contributed by atoms with van der Waals surface area (Å²) in [6.07, 6.45) is 4.05. The summed E-state index contributed by atoms with van der Waals surface area (Å²) in [7, 11) is 0. The Labute approximate surface area is 159 Å². The van der Waals surface area contributed by atoms with E-state index < -0.39 is 0 Å². The van der Waals surface area contributed by atoms with Crippen LogP contribution in [-0.2, 0) is 6.54 Å². The van der Waals surface area contributed by atoms with Gasteiger partial charge in [-0.3, -0.25) is 9.69 Å². The van der Waals surface area contributed by atoms with E-state index in [1.165, 1.54) is 11.3 Å². The number of hydrogen-bond donors (Lipinski definition) is 0. The first kappa shape index (κ1) is 16.8. The summed E-state index contributed by atoms with van der Waals surface area (Å²) in [5, 5.41) is 0. The van der Waals surface area contributed by atoms with Crippen LogP contribution in [0.4, 0.5) is 0 Å². The second-order valence-electron chi connectivity index (χ2n) is 6.00. The number of pyridine rings is 1. The van der Waals surface area contributed by atoms with Crippen LogP contribution in [0, 0.1) is 0 Å². The minimum Gasteiger partial charge on any atom is -0.336 e. The molecule has 4 rings (SSSR count). The van der Waals surface area contributed by atoms with E-state index in [9.17, 15) is 4.79 Å². The maximum absolute atomic E-state index is 12.6. The number of piperazine rings is 1. The number of carbonyl (C=O) groups excluding carboxylic acids is 1. The van der Waals surface area contributed by atoms with Crippen molar-refractivity contribution in [1.82, 2.24) is 19.2 Å². The zero-order valence-corrected chi connectivity index (χ0v) is 15.7. The second kappa shape index (κ2) is 6.96. The van der Waals surface area contributed by atoms with Gasteiger partial charge in [-0.05, 0) is 18.2 Å². The third-order valence-corrected chi connectivity index (χ3v) is 5.83. The zero-order chi connectivity index (χ0) is 17.4. The molecule has 8 heteroatoms. The molecule has 0 radical (unpaired) electrons. The van der Waals surface area contributed by atoms with Gasteiger partial charge in [-0.25, -0.2) is 4.98 Å². The Morgan fingerprint density at radius 2 is 2.00 bits per heavy atom. The number of aromatic nitrogens is 2. The molecule has 3 aromatic heterocycles. The molecule has 1 aliphatic rings. The van der Waals surface area contributed by atoms with Crippen molar-refractivity contribution < 1.29 is 4.79 Å². The molecule has 25 heavy (non-hydrogen) atoms. The highest BCUT2D eigenvalue weighted by Crippen LogP contribution is 2.32. The number of imidazole rings is 1. The van der Waals surface area contributed by atoms with Gasteiger partial charge in [0, 0.05) is 45.1 Å². The summed E-state index contributed by atoms with van der Waals surface area (Å²) in [4.78, 5) is 21.4. The molecule has 0 bridgehead atoms. The van der Waals surface area contributed by atoms with Crippen LogP contribution in [0.5, 0.6) is 0 Å². The van der Waals surface area contributed by atoms with Crippen LogP contribution in [0.1, 0.15) is 16.1 Å². The van der Waals surface area contributed by atoms with Gasteiger partial charge in [-0.2, -0.15) is 0 Å². The molecule has 130 valence electrons. The van der Waals surface area contributed by atoms with Crippen molar-refractivity contribution in [3.05, 3.63) is 56.6 Å². The van der Waals surface area contributed by atoms with Crippen LogP contribution in [0.15, 0.2) is 36.7 Å². The van der Waals surface area contributed by atoms with Crippen molar-refractivity contribution in [3.63, 3.8) is 0 Å². The van der Waals surface area contributed by atoms with Crippen molar-refractivity contribution >= 4 is 46.1 Å². The standard InChI is InChI=1S/C17H16Cl2N4OS/c18-14-9-13(16(19)25-14)17(24)22-7-5-21(6-8-22)10-12-11-23-4-2-1-3-15(23)20-12/h1-4,9,11H,5-8,10H2. The second-order valence-corrected chi connectivity index (χ2v) is 8.29. The molecule has 4 heterocycles. The Hall–Kier alpha value is -1.60. The minimum absolute atomic E-state index is 0.0412. The maximum Gasteiger partial charge on any atom is 0.256 e. The number of nitrogens with zero attached hydrogens (tertiary/aromatic N) is 4. The SMILES string of the molecule is O=C(c1cc(Cl)sc1Cl)N1CCN(Cc2cn3ccccc3n2)CC1. The van der Waals surface area contributed by atoms with Crippen molar-refractivity contribution in [2.24, 2.45) is 0 Å². The maximum atomic E-state index is 12.6. The van der Waals surface area contributed by atoms with Crippen LogP contribution < -0.4 is 0 Å². The van der Waals surface area contributed by atoms with Gasteiger partial charge in [0.1, 0.15) is 9.98 Å². The monoisotopic (exact) mass is 394 g/mol. The van der Waals surface area contributed by atoms with Gasteiger partial charge in [0.2, 0.25) is 0 Å². The molecule has 0 aromatic carbocycles. The molecule has 5 nitrogen and oxygen atoms in total. The van der Waals surface area contributed by atoms with E-state index >= 15 is 0 Å². The summed E-state index contributed by atoms with van der Waals surface area (Å²) in [6.45, 7) is 3.77. The molecule has 0 unspecified atom stereocenters. The lowest BCUT2D eigenvalue weighted by molar-refractivity contribution is 0.0628. The Morgan fingerprint density at radius 3 is 2.68 bits per heavy atom.